The van der Waals surface area contributed by atoms with Gasteiger partial charge < -0.3 is 20.1 Å². The van der Waals surface area contributed by atoms with Gasteiger partial charge >= 0.3 is 0 Å². The molecule has 0 atom stereocenters. The summed E-state index contributed by atoms with van der Waals surface area (Å²) in [5.41, 5.74) is -0.356. The van der Waals surface area contributed by atoms with Crippen LogP contribution >= 0.6 is 12.4 Å². The highest BCUT2D eigenvalue weighted by molar-refractivity contribution is 5.99. The minimum Gasteiger partial charge on any atom is -0.493 e. The van der Waals surface area contributed by atoms with Crippen molar-refractivity contribution in [3.05, 3.63) is 27.8 Å². The zero-order valence-electron chi connectivity index (χ0n) is 13.4. The molecule has 23 heavy (non-hydrogen) atoms. The van der Waals surface area contributed by atoms with Gasteiger partial charge in [-0.3, -0.25) is 14.9 Å². The Morgan fingerprint density at radius 2 is 2.00 bits per heavy atom. The van der Waals surface area contributed by atoms with E-state index in [4.69, 9.17) is 9.47 Å². The molecule has 9 heteroatoms. The maximum Gasteiger partial charge on any atom is 0.286 e. The first-order chi connectivity index (χ1) is 10.5. The van der Waals surface area contributed by atoms with Crippen molar-refractivity contribution in [3.8, 4) is 11.5 Å². The quantitative estimate of drug-likeness (QED) is 0.401. The number of halogens is 1. The van der Waals surface area contributed by atoms with E-state index in [9.17, 15) is 14.9 Å². The number of nitrogens with zero attached hydrogens (tertiary/aromatic N) is 1. The fraction of sp³-hybridized carbons (Fsp3) is 0.500. The molecule has 0 heterocycles. The van der Waals surface area contributed by atoms with Gasteiger partial charge in [0.25, 0.3) is 11.6 Å². The summed E-state index contributed by atoms with van der Waals surface area (Å²) in [5, 5.41) is 16.8. The molecule has 0 aliphatic rings. The van der Waals surface area contributed by atoms with Crippen molar-refractivity contribution >= 4 is 24.0 Å². The van der Waals surface area contributed by atoms with Crippen LogP contribution in [0.15, 0.2) is 12.1 Å². The van der Waals surface area contributed by atoms with Crippen LogP contribution in [0.1, 0.15) is 23.7 Å². The Morgan fingerprint density at radius 3 is 2.52 bits per heavy atom. The van der Waals surface area contributed by atoms with Crippen LogP contribution in [0.25, 0.3) is 0 Å². The molecule has 1 amide bonds. The van der Waals surface area contributed by atoms with E-state index in [1.165, 1.54) is 19.2 Å². The van der Waals surface area contributed by atoms with Gasteiger partial charge in [-0.2, -0.15) is 0 Å². The van der Waals surface area contributed by atoms with Crippen molar-refractivity contribution < 1.29 is 19.2 Å². The molecule has 0 saturated carbocycles. The standard InChI is InChI=1S/C14H21N3O5.ClH/c1-4-22-13-8-10(14(18)16-7-5-6-15-2)11(17(19)20)9-12(13)21-3;/h8-9,15H,4-7H2,1-3H3,(H,16,18);1H. The molecule has 1 aromatic rings. The first-order valence-corrected chi connectivity index (χ1v) is 6.97. The molecule has 0 aromatic heterocycles. The van der Waals surface area contributed by atoms with Crippen LogP contribution < -0.4 is 20.1 Å². The van der Waals surface area contributed by atoms with Gasteiger partial charge in [-0.1, -0.05) is 0 Å². The molecule has 1 aromatic carbocycles. The molecule has 0 bridgehead atoms. The highest BCUT2D eigenvalue weighted by Gasteiger charge is 2.24. The predicted octanol–water partition coefficient (Wildman–Crippen LogP) is 1.76. The second kappa shape index (κ2) is 10.6. The van der Waals surface area contributed by atoms with E-state index in [2.05, 4.69) is 10.6 Å². The third-order valence-electron chi connectivity index (χ3n) is 2.91. The van der Waals surface area contributed by atoms with E-state index >= 15 is 0 Å². The predicted molar refractivity (Wildman–Crippen MR) is 88.9 cm³/mol. The number of carbonyl (C=O) groups is 1. The topological polar surface area (TPSA) is 103 Å². The average Bonchev–Trinajstić information content (AvgIpc) is 2.51. The normalized spacial score (nSPS) is 9.70. The number of benzene rings is 1. The van der Waals surface area contributed by atoms with E-state index in [0.717, 1.165) is 13.0 Å². The summed E-state index contributed by atoms with van der Waals surface area (Å²) >= 11 is 0. The molecule has 0 radical (unpaired) electrons. The van der Waals surface area contributed by atoms with Gasteiger partial charge in [0.15, 0.2) is 11.5 Å². The molecule has 0 aliphatic carbocycles. The van der Waals surface area contributed by atoms with E-state index < -0.39 is 10.8 Å². The largest absolute Gasteiger partial charge is 0.493 e. The monoisotopic (exact) mass is 347 g/mol. The number of amides is 1. The van der Waals surface area contributed by atoms with Crippen molar-refractivity contribution in [2.24, 2.45) is 0 Å². The highest BCUT2D eigenvalue weighted by atomic mass is 35.5. The van der Waals surface area contributed by atoms with E-state index in [1.807, 2.05) is 7.05 Å². The lowest BCUT2D eigenvalue weighted by molar-refractivity contribution is -0.385. The summed E-state index contributed by atoms with van der Waals surface area (Å²) in [7, 11) is 3.20. The lowest BCUT2D eigenvalue weighted by atomic mass is 10.1. The molecule has 8 nitrogen and oxygen atoms in total. The van der Waals surface area contributed by atoms with E-state index in [0.29, 0.717) is 18.9 Å². The third kappa shape index (κ3) is 5.91. The molecule has 0 aliphatic heterocycles. The fourth-order valence-electron chi connectivity index (χ4n) is 1.87. The van der Waals surface area contributed by atoms with Crippen LogP contribution in [-0.2, 0) is 0 Å². The van der Waals surface area contributed by atoms with Gasteiger partial charge in [-0.25, -0.2) is 0 Å². The van der Waals surface area contributed by atoms with E-state index in [-0.39, 0.29) is 29.4 Å². The van der Waals surface area contributed by atoms with Gasteiger partial charge in [0, 0.05) is 12.6 Å². The molecular weight excluding hydrogens is 326 g/mol. The number of nitro benzene ring substituents is 1. The molecule has 130 valence electrons. The van der Waals surface area contributed by atoms with Crippen LogP contribution in [-0.4, -0.2) is 44.7 Å². The van der Waals surface area contributed by atoms with Crippen LogP contribution in [0.4, 0.5) is 5.69 Å². The molecule has 0 spiro atoms. The smallest absolute Gasteiger partial charge is 0.286 e. The lowest BCUT2D eigenvalue weighted by Crippen LogP contribution is -2.27. The van der Waals surface area contributed by atoms with E-state index in [1.54, 1.807) is 6.92 Å². The molecule has 1 rings (SSSR count). The maximum absolute atomic E-state index is 12.2. The zero-order valence-corrected chi connectivity index (χ0v) is 14.2. The van der Waals surface area contributed by atoms with Crippen LogP contribution in [0.2, 0.25) is 0 Å². The maximum atomic E-state index is 12.2. The number of carbonyl (C=O) groups excluding carboxylic acids is 1. The Bertz CT molecular complexity index is 539. The van der Waals surface area contributed by atoms with Crippen LogP contribution in [0.5, 0.6) is 11.5 Å². The number of rotatable bonds is 9. The molecule has 0 fully saturated rings. The number of nitro groups is 1. The summed E-state index contributed by atoms with van der Waals surface area (Å²) in [6, 6.07) is 2.54. The highest BCUT2D eigenvalue weighted by Crippen LogP contribution is 2.34. The first kappa shape index (κ1) is 20.9. The lowest BCUT2D eigenvalue weighted by Gasteiger charge is -2.12. The van der Waals surface area contributed by atoms with Crippen LogP contribution in [0.3, 0.4) is 0 Å². The number of hydrogen-bond acceptors (Lipinski definition) is 6. The second-order valence-corrected chi connectivity index (χ2v) is 4.42. The Hall–Kier alpha value is -2.06. The van der Waals surface area contributed by atoms with Crippen LogP contribution in [0, 0.1) is 10.1 Å². The SMILES string of the molecule is CCOc1cc(C(=O)NCCCNC)c([N+](=O)[O-])cc1OC.Cl. The van der Waals surface area contributed by atoms with Crippen molar-refractivity contribution in [3.63, 3.8) is 0 Å². The number of nitrogens with one attached hydrogen (secondary N) is 2. The summed E-state index contributed by atoms with van der Waals surface area (Å²) in [6.45, 7) is 3.30. The fourth-order valence-corrected chi connectivity index (χ4v) is 1.87. The van der Waals surface area contributed by atoms with Crippen molar-refractivity contribution in [2.75, 3.05) is 33.9 Å². The molecular formula is C14H22ClN3O5. The first-order valence-electron chi connectivity index (χ1n) is 6.97. The van der Waals surface area contributed by atoms with Gasteiger partial charge in [0.2, 0.25) is 0 Å². The number of ether oxygens (including phenoxy) is 2. The van der Waals surface area contributed by atoms with Crippen molar-refractivity contribution in [2.45, 2.75) is 13.3 Å². The summed E-state index contributed by atoms with van der Waals surface area (Å²) in [4.78, 5) is 22.7. The zero-order chi connectivity index (χ0) is 16.5. The van der Waals surface area contributed by atoms with Gasteiger partial charge in [-0.15, -0.1) is 12.4 Å². The number of hydrogen-bond donors (Lipinski definition) is 2. The molecule has 0 unspecified atom stereocenters. The third-order valence-corrected chi connectivity index (χ3v) is 2.91. The molecule has 0 saturated heterocycles. The Kier molecular flexibility index (Phi) is 9.68. The molecule has 2 N–H and O–H groups in total. The van der Waals surface area contributed by atoms with Gasteiger partial charge in [-0.05, 0) is 26.9 Å². The Labute approximate surface area is 141 Å². The van der Waals surface area contributed by atoms with Gasteiger partial charge in [0.1, 0.15) is 5.56 Å². The summed E-state index contributed by atoms with van der Waals surface area (Å²) in [6.07, 6.45) is 0.727. The second-order valence-electron chi connectivity index (χ2n) is 4.42. The minimum absolute atomic E-state index is 0. The average molecular weight is 348 g/mol. The Balaban J connectivity index is 0.00000484. The van der Waals surface area contributed by atoms with Crippen molar-refractivity contribution in [1.29, 1.82) is 0 Å². The Morgan fingerprint density at radius 1 is 1.30 bits per heavy atom. The summed E-state index contributed by atoms with van der Waals surface area (Å²) < 4.78 is 10.4. The summed E-state index contributed by atoms with van der Waals surface area (Å²) in [5.74, 6) is 0.0164. The van der Waals surface area contributed by atoms with Crippen molar-refractivity contribution in [1.82, 2.24) is 10.6 Å². The number of methoxy groups -OCH3 is 1. The van der Waals surface area contributed by atoms with Gasteiger partial charge in [0.05, 0.1) is 24.7 Å². The minimum atomic E-state index is -0.610.